The normalized spacial score (nSPS) is 10.4. The third-order valence-corrected chi connectivity index (χ3v) is 2.29. The number of hydrogen-bond acceptors (Lipinski definition) is 2. The molecule has 0 bridgehead atoms. The summed E-state index contributed by atoms with van der Waals surface area (Å²) in [6.07, 6.45) is 0.952. The van der Waals surface area contributed by atoms with Gasteiger partial charge in [-0.15, -0.1) is 5.10 Å². The molecule has 1 aromatic heterocycles. The SMILES string of the molecule is CCc1c(C)nnn1-c1ccccc1. The Labute approximate surface area is 83.4 Å². The zero-order chi connectivity index (χ0) is 9.97. The molecule has 0 aliphatic carbocycles. The van der Waals surface area contributed by atoms with Crippen molar-refractivity contribution in [3.05, 3.63) is 41.7 Å². The maximum absolute atomic E-state index is 4.12. The van der Waals surface area contributed by atoms with Crippen LogP contribution in [0.3, 0.4) is 0 Å². The quantitative estimate of drug-likeness (QED) is 0.721. The van der Waals surface area contributed by atoms with Crippen molar-refractivity contribution in [1.29, 1.82) is 0 Å². The highest BCUT2D eigenvalue weighted by Gasteiger charge is 2.07. The maximum atomic E-state index is 4.12. The molecule has 2 rings (SSSR count). The van der Waals surface area contributed by atoms with E-state index in [4.69, 9.17) is 0 Å². The maximum Gasteiger partial charge on any atom is 0.0832 e. The number of rotatable bonds is 2. The molecular formula is C11H13N3. The van der Waals surface area contributed by atoms with Crippen molar-refractivity contribution < 1.29 is 0 Å². The Morgan fingerprint density at radius 1 is 1.21 bits per heavy atom. The van der Waals surface area contributed by atoms with Gasteiger partial charge in [0.05, 0.1) is 17.1 Å². The molecule has 1 heterocycles. The molecule has 0 amide bonds. The van der Waals surface area contributed by atoms with E-state index in [2.05, 4.69) is 17.2 Å². The lowest BCUT2D eigenvalue weighted by Crippen LogP contribution is -2.01. The van der Waals surface area contributed by atoms with E-state index in [0.29, 0.717) is 0 Å². The predicted molar refractivity (Wildman–Crippen MR) is 55.5 cm³/mol. The van der Waals surface area contributed by atoms with Gasteiger partial charge in [0.1, 0.15) is 0 Å². The summed E-state index contributed by atoms with van der Waals surface area (Å²) in [4.78, 5) is 0. The van der Waals surface area contributed by atoms with Crippen molar-refractivity contribution in [2.24, 2.45) is 0 Å². The van der Waals surface area contributed by atoms with Crippen molar-refractivity contribution in [3.63, 3.8) is 0 Å². The van der Waals surface area contributed by atoms with Gasteiger partial charge in [0.25, 0.3) is 0 Å². The van der Waals surface area contributed by atoms with Crippen LogP contribution in [-0.2, 0) is 6.42 Å². The van der Waals surface area contributed by atoms with E-state index in [9.17, 15) is 0 Å². The fraction of sp³-hybridized carbons (Fsp3) is 0.273. The first-order chi connectivity index (χ1) is 6.83. The first-order valence-corrected chi connectivity index (χ1v) is 4.79. The smallest absolute Gasteiger partial charge is 0.0832 e. The van der Waals surface area contributed by atoms with E-state index < -0.39 is 0 Å². The van der Waals surface area contributed by atoms with Crippen LogP contribution in [0.5, 0.6) is 0 Å². The molecule has 0 fully saturated rings. The highest BCUT2D eigenvalue weighted by molar-refractivity contribution is 5.32. The molecule has 14 heavy (non-hydrogen) atoms. The number of hydrogen-bond donors (Lipinski definition) is 0. The van der Waals surface area contributed by atoms with E-state index in [-0.39, 0.29) is 0 Å². The summed E-state index contributed by atoms with van der Waals surface area (Å²) in [5, 5.41) is 8.20. The lowest BCUT2D eigenvalue weighted by Gasteiger charge is -2.03. The van der Waals surface area contributed by atoms with Crippen LogP contribution in [0, 0.1) is 6.92 Å². The summed E-state index contributed by atoms with van der Waals surface area (Å²) in [5.41, 5.74) is 3.26. The molecule has 0 saturated carbocycles. The summed E-state index contributed by atoms with van der Waals surface area (Å²) in [5.74, 6) is 0. The molecule has 72 valence electrons. The highest BCUT2D eigenvalue weighted by Crippen LogP contribution is 2.12. The summed E-state index contributed by atoms with van der Waals surface area (Å²) < 4.78 is 1.90. The number of para-hydroxylation sites is 1. The van der Waals surface area contributed by atoms with Gasteiger partial charge in [-0.3, -0.25) is 0 Å². The zero-order valence-corrected chi connectivity index (χ0v) is 8.44. The summed E-state index contributed by atoms with van der Waals surface area (Å²) >= 11 is 0. The molecule has 1 aromatic carbocycles. The highest BCUT2D eigenvalue weighted by atomic mass is 15.4. The molecule has 0 atom stereocenters. The lowest BCUT2D eigenvalue weighted by atomic mass is 10.2. The van der Waals surface area contributed by atoms with Crippen LogP contribution in [0.4, 0.5) is 0 Å². The molecule has 2 aromatic rings. The van der Waals surface area contributed by atoms with Gasteiger partial charge in [0, 0.05) is 0 Å². The Hall–Kier alpha value is -1.64. The third-order valence-electron chi connectivity index (χ3n) is 2.29. The van der Waals surface area contributed by atoms with Crippen molar-refractivity contribution >= 4 is 0 Å². The van der Waals surface area contributed by atoms with Crippen LogP contribution in [0.1, 0.15) is 18.3 Å². The standard InChI is InChI=1S/C11H13N3/c1-3-11-9(2)12-13-14(11)10-7-5-4-6-8-10/h4-8H,3H2,1-2H3. The summed E-state index contributed by atoms with van der Waals surface area (Å²) in [6, 6.07) is 10.1. The second-order valence-electron chi connectivity index (χ2n) is 3.22. The largest absolute Gasteiger partial charge is 0.217 e. The zero-order valence-electron chi connectivity index (χ0n) is 8.44. The molecule has 0 radical (unpaired) electrons. The van der Waals surface area contributed by atoms with Crippen molar-refractivity contribution in [2.45, 2.75) is 20.3 Å². The Morgan fingerprint density at radius 3 is 2.57 bits per heavy atom. The molecule has 0 N–H and O–H groups in total. The van der Waals surface area contributed by atoms with E-state index in [1.165, 1.54) is 5.69 Å². The van der Waals surface area contributed by atoms with Gasteiger partial charge >= 0.3 is 0 Å². The molecular weight excluding hydrogens is 174 g/mol. The first kappa shape index (κ1) is 8.94. The number of benzene rings is 1. The monoisotopic (exact) mass is 187 g/mol. The molecule has 0 aliphatic rings. The number of aryl methyl sites for hydroxylation is 1. The molecule has 0 aliphatic heterocycles. The predicted octanol–water partition coefficient (Wildman–Crippen LogP) is 2.14. The van der Waals surface area contributed by atoms with Crippen LogP contribution < -0.4 is 0 Å². The van der Waals surface area contributed by atoms with Gasteiger partial charge in [0.2, 0.25) is 0 Å². The van der Waals surface area contributed by atoms with Gasteiger partial charge in [-0.05, 0) is 25.5 Å². The number of aromatic nitrogens is 3. The van der Waals surface area contributed by atoms with Gasteiger partial charge in [-0.2, -0.15) is 0 Å². The summed E-state index contributed by atoms with van der Waals surface area (Å²) in [6.45, 7) is 4.11. The van der Waals surface area contributed by atoms with Crippen molar-refractivity contribution in [2.75, 3.05) is 0 Å². The minimum atomic E-state index is 0.952. The van der Waals surface area contributed by atoms with Crippen LogP contribution in [0.15, 0.2) is 30.3 Å². The Balaban J connectivity index is 2.52. The minimum Gasteiger partial charge on any atom is -0.217 e. The van der Waals surface area contributed by atoms with Gasteiger partial charge in [-0.1, -0.05) is 30.3 Å². The Kier molecular flexibility index (Phi) is 2.31. The Bertz CT molecular complexity index is 417. The molecule has 0 saturated heterocycles. The minimum absolute atomic E-state index is 0.952. The van der Waals surface area contributed by atoms with E-state index in [1.54, 1.807) is 0 Å². The number of nitrogens with zero attached hydrogens (tertiary/aromatic N) is 3. The lowest BCUT2D eigenvalue weighted by molar-refractivity contribution is 0.767. The fourth-order valence-electron chi connectivity index (χ4n) is 1.56. The van der Waals surface area contributed by atoms with E-state index >= 15 is 0 Å². The van der Waals surface area contributed by atoms with Crippen molar-refractivity contribution in [1.82, 2.24) is 15.0 Å². The second kappa shape index (κ2) is 3.62. The topological polar surface area (TPSA) is 30.7 Å². The van der Waals surface area contributed by atoms with Gasteiger partial charge in [-0.25, -0.2) is 4.68 Å². The van der Waals surface area contributed by atoms with Crippen LogP contribution in [0.2, 0.25) is 0 Å². The van der Waals surface area contributed by atoms with Crippen LogP contribution >= 0.6 is 0 Å². The Morgan fingerprint density at radius 2 is 1.93 bits per heavy atom. The average Bonchev–Trinajstić information content (AvgIpc) is 2.61. The fourth-order valence-corrected chi connectivity index (χ4v) is 1.56. The van der Waals surface area contributed by atoms with Gasteiger partial charge in [0.15, 0.2) is 0 Å². The molecule has 3 nitrogen and oxygen atoms in total. The van der Waals surface area contributed by atoms with Crippen LogP contribution in [0.25, 0.3) is 5.69 Å². The van der Waals surface area contributed by atoms with Crippen molar-refractivity contribution in [3.8, 4) is 5.69 Å². The third kappa shape index (κ3) is 1.41. The van der Waals surface area contributed by atoms with E-state index in [0.717, 1.165) is 17.8 Å². The average molecular weight is 187 g/mol. The molecule has 0 unspecified atom stereocenters. The molecule has 0 spiro atoms. The van der Waals surface area contributed by atoms with Gasteiger partial charge < -0.3 is 0 Å². The second-order valence-corrected chi connectivity index (χ2v) is 3.22. The molecule has 3 heteroatoms. The summed E-state index contributed by atoms with van der Waals surface area (Å²) in [7, 11) is 0. The van der Waals surface area contributed by atoms with Crippen LogP contribution in [-0.4, -0.2) is 15.0 Å². The van der Waals surface area contributed by atoms with E-state index in [1.807, 2.05) is 41.9 Å². The first-order valence-electron chi connectivity index (χ1n) is 4.79.